The Labute approximate surface area is 546 Å². The first kappa shape index (κ1) is 73.5. The van der Waals surface area contributed by atoms with Crippen LogP contribution in [0.4, 0.5) is 10.3 Å². The summed E-state index contributed by atoms with van der Waals surface area (Å²) in [4.78, 5) is 26.8. The maximum atomic E-state index is 9.53. The van der Waals surface area contributed by atoms with Gasteiger partial charge >= 0.3 is 0 Å². The van der Waals surface area contributed by atoms with Crippen LogP contribution in [0.2, 0.25) is 0 Å². The molecular formula is C47H72B24N10O3S2. The Morgan fingerprint density at radius 3 is 1.33 bits per heavy atom. The minimum absolute atomic E-state index is 0. The molecule has 412 valence electrons. The van der Waals surface area contributed by atoms with Crippen LogP contribution in [0.3, 0.4) is 0 Å². The first-order chi connectivity index (χ1) is 40.8. The number of thiazole rings is 2. The molecule has 0 aromatic carbocycles. The van der Waals surface area contributed by atoms with Crippen molar-refractivity contribution in [2.24, 2.45) is 0 Å². The van der Waals surface area contributed by atoms with Crippen molar-refractivity contribution in [3.05, 3.63) is 81.3 Å². The number of aliphatic hydroxyl groups is 1. The maximum Gasteiger partial charge on any atom is 0.180 e. The number of aryl methyl sites for hydroxylation is 2. The number of nitrogens with zero attached hydrogens (tertiary/aromatic N) is 7. The average molecular weight is 1150 g/mol. The SMILES string of the molecule is C.Nc1ncc(CN2CCC(OC3CCN(C4CCCc5cnccc54)CC3)CC2)s1.Nc1ncc(CN2CCC(OC3CCNCC3)CC2)s1.OC1CCCc2cnccc21.[B]B([B])B([B])B(B([B])[B])B(B(B([B])[B])B([B])[B])B(B([B])[B])B([B])[B]. The van der Waals surface area contributed by atoms with Crippen molar-refractivity contribution in [2.75, 3.05) is 63.8 Å². The van der Waals surface area contributed by atoms with Crippen LogP contribution in [0.1, 0.15) is 129 Å². The molecule has 2 atom stereocenters. The van der Waals surface area contributed by atoms with Gasteiger partial charge in [0.1, 0.15) is 0 Å². The lowest BCUT2D eigenvalue weighted by molar-refractivity contribution is -0.0701. The fraction of sp³-hybridized carbons (Fsp3) is 0.660. The van der Waals surface area contributed by atoms with Gasteiger partial charge in [0, 0.05) is 276 Å². The third-order valence-electron chi connectivity index (χ3n) is 17.8. The quantitative estimate of drug-likeness (QED) is 0.0769. The molecule has 6 aliphatic rings. The predicted molar refractivity (Wildman–Crippen MR) is 389 cm³/mol. The van der Waals surface area contributed by atoms with Crippen LogP contribution in [0.5, 0.6) is 0 Å². The van der Waals surface area contributed by atoms with E-state index in [4.69, 9.17) is 122 Å². The van der Waals surface area contributed by atoms with Crippen LogP contribution in [0.15, 0.2) is 49.3 Å². The summed E-state index contributed by atoms with van der Waals surface area (Å²) in [7, 11) is 76.2. The molecule has 8 heterocycles. The highest BCUT2D eigenvalue weighted by atomic mass is 32.1. The number of hydrogen-bond donors (Lipinski definition) is 4. The number of anilines is 2. The van der Waals surface area contributed by atoms with Crippen LogP contribution < -0.4 is 16.8 Å². The molecule has 4 aromatic heterocycles. The molecule has 0 saturated carbocycles. The van der Waals surface area contributed by atoms with E-state index in [-0.39, 0.29) is 13.5 Å². The summed E-state index contributed by atoms with van der Waals surface area (Å²) >= 11 is 3.20. The summed E-state index contributed by atoms with van der Waals surface area (Å²) in [5, 5.41) is 14.3. The van der Waals surface area contributed by atoms with E-state index < -0.39 is 70.2 Å². The molecule has 0 bridgehead atoms. The van der Waals surface area contributed by atoms with E-state index in [0.717, 1.165) is 129 Å². The first-order valence-corrected chi connectivity index (χ1v) is 32.4. The fourth-order valence-corrected chi connectivity index (χ4v) is 14.8. The van der Waals surface area contributed by atoms with Gasteiger partial charge in [-0.25, -0.2) is 9.97 Å². The first-order valence-electron chi connectivity index (χ1n) is 30.7. The zero-order chi connectivity index (χ0) is 61.2. The van der Waals surface area contributed by atoms with E-state index in [0.29, 0.717) is 40.7 Å². The average Bonchev–Trinajstić information content (AvgIpc) is 2.28. The number of nitrogens with two attached hydrogens (primary N) is 2. The molecular weight excluding hydrogens is 1080 g/mol. The number of fused-ring (bicyclic) bond motifs is 2. The van der Waals surface area contributed by atoms with Gasteiger partial charge in [0.15, 0.2) is 10.3 Å². The van der Waals surface area contributed by atoms with Crippen LogP contribution in [-0.2, 0) is 35.4 Å². The van der Waals surface area contributed by atoms with E-state index in [2.05, 4.69) is 52.2 Å². The number of aromatic nitrogens is 4. The van der Waals surface area contributed by atoms with Crippen molar-refractivity contribution in [3.63, 3.8) is 0 Å². The highest BCUT2D eigenvalue weighted by Gasteiger charge is 2.48. The molecule has 6 N–H and O–H groups in total. The molecule has 39 heteroatoms. The largest absolute Gasteiger partial charge is 0.388 e. The van der Waals surface area contributed by atoms with E-state index in [1.807, 2.05) is 30.9 Å². The van der Waals surface area contributed by atoms with Gasteiger partial charge in [-0.15, -0.1) is 22.7 Å². The molecule has 4 fully saturated rings. The van der Waals surface area contributed by atoms with Crippen molar-refractivity contribution in [1.82, 2.24) is 40.0 Å². The number of likely N-dealkylation sites (tertiary alicyclic amines) is 3. The molecule has 13 nitrogen and oxygen atoms in total. The molecule has 86 heavy (non-hydrogen) atoms. The predicted octanol–water partition coefficient (Wildman–Crippen LogP) is -1.95. The Morgan fingerprint density at radius 2 is 0.919 bits per heavy atom. The zero-order valence-corrected chi connectivity index (χ0v) is 51.4. The van der Waals surface area contributed by atoms with Gasteiger partial charge in [0.05, 0.1) is 30.5 Å². The molecule has 2 aliphatic carbocycles. The number of rotatable bonds is 19. The maximum absolute atomic E-state index is 9.53. The van der Waals surface area contributed by atoms with E-state index in [1.165, 1.54) is 58.5 Å². The van der Waals surface area contributed by atoms with Crippen LogP contribution in [0, 0.1) is 0 Å². The summed E-state index contributed by atoms with van der Waals surface area (Å²) in [6.45, 7) is 10.9. The summed E-state index contributed by atoms with van der Waals surface area (Å²) < 4.78 is 12.8. The number of nitrogens with one attached hydrogen (secondary N) is 1. The molecule has 4 aromatic rings. The molecule has 4 saturated heterocycles. The third-order valence-corrected chi connectivity index (χ3v) is 19.5. The monoisotopic (exact) mass is 1150 g/mol. The molecule has 0 spiro atoms. The zero-order valence-electron chi connectivity index (χ0n) is 49.8. The Balaban J connectivity index is 0.000000191. The van der Waals surface area contributed by atoms with Gasteiger partial charge in [-0.2, -0.15) is 0 Å². The topological polar surface area (TPSA) is 164 Å². The lowest BCUT2D eigenvalue weighted by atomic mass is 8.35. The highest BCUT2D eigenvalue weighted by Crippen LogP contribution is 2.36. The number of pyridine rings is 2. The summed E-state index contributed by atoms with van der Waals surface area (Å²) in [6, 6.07) is 4.75. The Kier molecular flexibility index (Phi) is 31.8. The molecule has 4 aliphatic heterocycles. The van der Waals surface area contributed by atoms with Gasteiger partial charge < -0.3 is 31.4 Å². The van der Waals surface area contributed by atoms with Crippen LogP contribution in [0.25, 0.3) is 0 Å². The highest BCUT2D eigenvalue weighted by molar-refractivity contribution is 8.23. The van der Waals surface area contributed by atoms with Crippen molar-refractivity contribution >= 4 is 204 Å². The van der Waals surface area contributed by atoms with Crippen LogP contribution in [-0.4, -0.2) is 287 Å². The molecule has 0 amide bonds. The number of aliphatic hydroxyl groups excluding tert-OH is 1. The summed E-state index contributed by atoms with van der Waals surface area (Å²) in [5.74, 6) is 0. The second kappa shape index (κ2) is 37.2. The number of piperidine rings is 4. The summed E-state index contributed by atoms with van der Waals surface area (Å²) in [5.41, 5.74) is 16.7. The standard InChI is InChI=1S/C23H33N5OS.C14H24N4OS.C9H11NO.CH4.B24/c24-23-26-15-20(30-23)16-27-10-5-18(6-11-27)29-19-7-12-28(13-8-19)22-3-1-2-17-14-25-9-4-21(17)22;15-14-17-9-13(20-14)10-18-7-3-12(4-8-18)19-11-1-5-16-6-2-11;11-9-3-1-2-7-6-10-5-4-8(7)9;;1-14(2)20(13)23(19(11)12)24(21(15(3)4)16(5)6)22(17(7)8)18(9)10/h4,9,14-15,18-19,22H,1-3,5-8,10-13,16H2,(H2,24,26);9,11-12,16H,1-8,10H2,(H2,15,17);4-6,9,11H,1-3H2;1H4;. The van der Waals surface area contributed by atoms with Crippen LogP contribution >= 0.6 is 22.7 Å². The Hall–Kier alpha value is -1.56. The molecule has 26 radical (unpaired) electrons. The number of ether oxygens (including phenoxy) is 2. The molecule has 10 rings (SSSR count). The van der Waals surface area contributed by atoms with Gasteiger partial charge in [0.2, 0.25) is 0 Å². The minimum Gasteiger partial charge on any atom is -0.388 e. The van der Waals surface area contributed by atoms with E-state index >= 15 is 0 Å². The molecule has 2 unspecified atom stereocenters. The van der Waals surface area contributed by atoms with Crippen molar-refractivity contribution < 1.29 is 14.6 Å². The van der Waals surface area contributed by atoms with E-state index in [9.17, 15) is 5.11 Å². The van der Waals surface area contributed by atoms with Gasteiger partial charge in [0.25, 0.3) is 0 Å². The smallest absolute Gasteiger partial charge is 0.180 e. The summed E-state index contributed by atoms with van der Waals surface area (Å²) in [6.07, 6.45) is 19.5. The number of nitrogen functional groups attached to an aromatic ring is 2. The van der Waals surface area contributed by atoms with Crippen molar-refractivity contribution in [3.8, 4) is 0 Å². The van der Waals surface area contributed by atoms with E-state index in [1.54, 1.807) is 28.9 Å². The Morgan fingerprint density at radius 1 is 0.512 bits per heavy atom. The lowest BCUT2D eigenvalue weighted by Crippen LogP contribution is -2.84. The third kappa shape index (κ3) is 22.3. The normalized spacial score (nSPS) is 19.5. The lowest BCUT2D eigenvalue weighted by Gasteiger charge is -2.46. The van der Waals surface area contributed by atoms with Gasteiger partial charge in [-0.3, -0.25) is 24.7 Å². The second-order valence-electron chi connectivity index (χ2n) is 24.1. The second-order valence-corrected chi connectivity index (χ2v) is 26.3. The van der Waals surface area contributed by atoms with Crippen molar-refractivity contribution in [1.29, 1.82) is 0 Å². The Bertz CT molecular complexity index is 2500. The fourth-order valence-electron chi connectivity index (χ4n) is 13.4. The number of hydrogen-bond acceptors (Lipinski definition) is 15. The van der Waals surface area contributed by atoms with Crippen molar-refractivity contribution in [2.45, 2.75) is 147 Å². The van der Waals surface area contributed by atoms with Gasteiger partial charge in [-0.05, 0) is 137 Å². The minimum atomic E-state index is -0.973. The van der Waals surface area contributed by atoms with Gasteiger partial charge in [-0.1, -0.05) is 7.43 Å².